The number of carboxylic acids is 1. The number of carboxylic acid groups (broad SMARTS) is 1. The zero-order chi connectivity index (χ0) is 18.0. The molecule has 2 N–H and O–H groups in total. The van der Waals surface area contributed by atoms with Gasteiger partial charge in [0.2, 0.25) is 0 Å². The van der Waals surface area contributed by atoms with Crippen molar-refractivity contribution in [2.45, 2.75) is 52.1 Å². The molecule has 5 heteroatoms. The van der Waals surface area contributed by atoms with E-state index in [0.717, 1.165) is 17.5 Å². The van der Waals surface area contributed by atoms with Gasteiger partial charge in [-0.25, -0.2) is 4.79 Å². The molecule has 1 amide bonds. The number of amides is 1. The largest absolute Gasteiger partial charge is 0.481 e. The summed E-state index contributed by atoms with van der Waals surface area (Å²) in [4.78, 5) is 21.9. The highest BCUT2D eigenvalue weighted by atomic mass is 16.6. The Kier molecular flexibility index (Phi) is 7.84. The molecule has 0 saturated heterocycles. The zero-order valence-corrected chi connectivity index (χ0v) is 14.5. The molecule has 5 nitrogen and oxygen atoms in total. The van der Waals surface area contributed by atoms with Crippen LogP contribution in [0.15, 0.2) is 24.3 Å². The van der Waals surface area contributed by atoms with Gasteiger partial charge in [-0.3, -0.25) is 4.79 Å². The van der Waals surface area contributed by atoms with Crippen LogP contribution in [-0.2, 0) is 16.0 Å². The van der Waals surface area contributed by atoms with Crippen molar-refractivity contribution < 1.29 is 19.4 Å². The monoisotopic (exact) mass is 331 g/mol. The minimum atomic E-state index is -0.766. The third-order valence-electron chi connectivity index (χ3n) is 2.96. The fourth-order valence-corrected chi connectivity index (χ4v) is 1.90. The lowest BCUT2D eigenvalue weighted by atomic mass is 10.1. The van der Waals surface area contributed by atoms with Gasteiger partial charge < -0.3 is 15.2 Å². The van der Waals surface area contributed by atoms with E-state index in [1.54, 1.807) is 0 Å². The first-order valence-corrected chi connectivity index (χ1v) is 8.03. The Labute approximate surface area is 143 Å². The van der Waals surface area contributed by atoms with Crippen molar-refractivity contribution in [3.63, 3.8) is 0 Å². The second-order valence-corrected chi connectivity index (χ2v) is 6.42. The lowest BCUT2D eigenvalue weighted by molar-refractivity contribution is -0.137. The molecule has 0 unspecified atom stereocenters. The predicted octanol–water partition coefficient (Wildman–Crippen LogP) is 3.36. The fourth-order valence-electron chi connectivity index (χ4n) is 1.90. The van der Waals surface area contributed by atoms with E-state index in [9.17, 15) is 9.59 Å². The molecule has 0 fully saturated rings. The van der Waals surface area contributed by atoms with Crippen molar-refractivity contribution in [1.82, 2.24) is 5.32 Å². The Bertz CT molecular complexity index is 603. The molecule has 1 aromatic carbocycles. The van der Waals surface area contributed by atoms with Crippen LogP contribution in [-0.4, -0.2) is 29.3 Å². The third kappa shape index (κ3) is 9.52. The molecule has 0 saturated carbocycles. The maximum Gasteiger partial charge on any atom is 0.407 e. The van der Waals surface area contributed by atoms with Crippen molar-refractivity contribution in [1.29, 1.82) is 0 Å². The smallest absolute Gasteiger partial charge is 0.407 e. The van der Waals surface area contributed by atoms with E-state index >= 15 is 0 Å². The summed E-state index contributed by atoms with van der Waals surface area (Å²) < 4.78 is 5.13. The van der Waals surface area contributed by atoms with Crippen LogP contribution in [0.25, 0.3) is 0 Å². The Morgan fingerprint density at radius 1 is 1.21 bits per heavy atom. The molecule has 0 heterocycles. The quantitative estimate of drug-likeness (QED) is 0.619. The normalized spacial score (nSPS) is 10.5. The van der Waals surface area contributed by atoms with Gasteiger partial charge in [-0.05, 0) is 51.3 Å². The molecule has 0 radical (unpaired) electrons. The van der Waals surface area contributed by atoms with E-state index in [1.165, 1.54) is 0 Å². The van der Waals surface area contributed by atoms with Crippen LogP contribution in [0.4, 0.5) is 4.79 Å². The summed E-state index contributed by atoms with van der Waals surface area (Å²) in [5, 5.41) is 11.3. The SMILES string of the molecule is CC(C)(C)OC(=O)NCCC#Cc1ccc(CCCC(=O)O)cc1. The van der Waals surface area contributed by atoms with Crippen molar-refractivity contribution in [3.05, 3.63) is 35.4 Å². The van der Waals surface area contributed by atoms with Crippen LogP contribution in [0.2, 0.25) is 0 Å². The molecule has 0 aromatic heterocycles. The van der Waals surface area contributed by atoms with Gasteiger partial charge >= 0.3 is 12.1 Å². The van der Waals surface area contributed by atoms with Crippen LogP contribution in [0, 0.1) is 11.8 Å². The van der Waals surface area contributed by atoms with Gasteiger partial charge in [0.05, 0.1) is 0 Å². The predicted molar refractivity (Wildman–Crippen MR) is 92.7 cm³/mol. The van der Waals surface area contributed by atoms with Gasteiger partial charge in [0.1, 0.15) is 5.60 Å². The molecule has 0 aliphatic rings. The topological polar surface area (TPSA) is 75.6 Å². The van der Waals surface area contributed by atoms with Crippen molar-refractivity contribution in [2.75, 3.05) is 6.54 Å². The summed E-state index contributed by atoms with van der Waals surface area (Å²) in [6.45, 7) is 5.89. The molecular formula is C19H25NO4. The highest BCUT2D eigenvalue weighted by molar-refractivity contribution is 5.67. The Balaban J connectivity index is 2.31. The summed E-state index contributed by atoms with van der Waals surface area (Å²) in [5.74, 6) is 5.27. The third-order valence-corrected chi connectivity index (χ3v) is 2.96. The van der Waals surface area contributed by atoms with Gasteiger partial charge in [0.15, 0.2) is 0 Å². The first kappa shape index (κ1) is 19.6. The maximum atomic E-state index is 11.4. The first-order valence-electron chi connectivity index (χ1n) is 8.03. The number of ether oxygens (including phenoxy) is 1. The lowest BCUT2D eigenvalue weighted by Crippen LogP contribution is -2.32. The number of carbonyl (C=O) groups is 2. The molecule has 0 bridgehead atoms. The highest BCUT2D eigenvalue weighted by Crippen LogP contribution is 2.08. The summed E-state index contributed by atoms with van der Waals surface area (Å²) in [5.41, 5.74) is 1.50. The molecule has 0 aliphatic heterocycles. The van der Waals surface area contributed by atoms with Gasteiger partial charge in [-0.2, -0.15) is 0 Å². The zero-order valence-electron chi connectivity index (χ0n) is 14.5. The van der Waals surface area contributed by atoms with E-state index in [1.807, 2.05) is 45.0 Å². The van der Waals surface area contributed by atoms with Crippen molar-refractivity contribution in [2.24, 2.45) is 0 Å². The van der Waals surface area contributed by atoms with Crippen LogP contribution >= 0.6 is 0 Å². The van der Waals surface area contributed by atoms with Gasteiger partial charge in [0, 0.05) is 24.9 Å². The molecule has 0 aliphatic carbocycles. The summed E-state index contributed by atoms with van der Waals surface area (Å²) in [6.07, 6.45) is 1.68. The van der Waals surface area contributed by atoms with Crippen molar-refractivity contribution in [3.8, 4) is 11.8 Å². The molecular weight excluding hydrogens is 306 g/mol. The number of hydrogen-bond donors (Lipinski definition) is 2. The van der Waals surface area contributed by atoms with Crippen LogP contribution in [0.3, 0.4) is 0 Å². The van der Waals surface area contributed by atoms with E-state index in [-0.39, 0.29) is 6.42 Å². The van der Waals surface area contributed by atoms with Crippen LogP contribution < -0.4 is 5.32 Å². The number of aliphatic carboxylic acids is 1. The number of nitrogens with one attached hydrogen (secondary N) is 1. The molecule has 0 atom stereocenters. The minimum absolute atomic E-state index is 0.187. The number of aryl methyl sites for hydroxylation is 1. The lowest BCUT2D eigenvalue weighted by Gasteiger charge is -2.19. The number of benzene rings is 1. The van der Waals surface area contributed by atoms with Gasteiger partial charge in [-0.15, -0.1) is 0 Å². The molecule has 0 spiro atoms. The average molecular weight is 331 g/mol. The van der Waals surface area contributed by atoms with Crippen LogP contribution in [0.1, 0.15) is 51.2 Å². The number of rotatable bonds is 6. The van der Waals surface area contributed by atoms with E-state index < -0.39 is 17.7 Å². The standard InChI is InChI=1S/C19H25NO4/c1-19(2,3)24-18(23)20-14-5-4-7-15-10-12-16(13-11-15)8-6-9-17(21)22/h10-13H,5-6,8-9,14H2,1-3H3,(H,20,23)(H,21,22). The van der Waals surface area contributed by atoms with E-state index in [0.29, 0.717) is 19.4 Å². The highest BCUT2D eigenvalue weighted by Gasteiger charge is 2.15. The Morgan fingerprint density at radius 2 is 1.88 bits per heavy atom. The second kappa shape index (κ2) is 9.61. The number of alkyl carbamates (subject to hydrolysis) is 1. The summed E-state index contributed by atoms with van der Waals surface area (Å²) in [7, 11) is 0. The van der Waals surface area contributed by atoms with Crippen LogP contribution in [0.5, 0.6) is 0 Å². The summed E-state index contributed by atoms with van der Waals surface area (Å²) >= 11 is 0. The second-order valence-electron chi connectivity index (χ2n) is 6.42. The molecule has 1 aromatic rings. The number of carbonyl (C=O) groups excluding carboxylic acids is 1. The molecule has 1 rings (SSSR count). The van der Waals surface area contributed by atoms with Gasteiger partial charge in [0.25, 0.3) is 0 Å². The fraction of sp³-hybridized carbons (Fsp3) is 0.474. The minimum Gasteiger partial charge on any atom is -0.481 e. The maximum absolute atomic E-state index is 11.4. The van der Waals surface area contributed by atoms with Crippen molar-refractivity contribution >= 4 is 12.1 Å². The van der Waals surface area contributed by atoms with E-state index in [2.05, 4.69) is 17.2 Å². The summed E-state index contributed by atoms with van der Waals surface area (Å²) in [6, 6.07) is 7.77. The first-order chi connectivity index (χ1) is 11.3. The molecule has 24 heavy (non-hydrogen) atoms. The Morgan fingerprint density at radius 3 is 2.46 bits per heavy atom. The average Bonchev–Trinajstić information content (AvgIpc) is 2.46. The number of hydrogen-bond acceptors (Lipinski definition) is 3. The molecule has 130 valence electrons. The Hall–Kier alpha value is -2.48. The van der Waals surface area contributed by atoms with E-state index in [4.69, 9.17) is 9.84 Å². The van der Waals surface area contributed by atoms with Gasteiger partial charge in [-0.1, -0.05) is 24.0 Å².